The summed E-state index contributed by atoms with van der Waals surface area (Å²) in [5.74, 6) is 1.39. The summed E-state index contributed by atoms with van der Waals surface area (Å²) >= 11 is 0. The Balaban J connectivity index is 0.00000672. The van der Waals surface area contributed by atoms with Crippen molar-refractivity contribution < 1.29 is 40.0 Å². The van der Waals surface area contributed by atoms with E-state index in [1.54, 1.807) is 30.7 Å². The molecule has 0 saturated heterocycles. The van der Waals surface area contributed by atoms with Crippen LogP contribution in [0.1, 0.15) is 88.6 Å². The molecule has 7 heteroatoms. The molecular weight excluding hydrogens is 1000 g/mol. The summed E-state index contributed by atoms with van der Waals surface area (Å²) in [5, 5.41) is 1.92. The third kappa shape index (κ3) is 9.00. The van der Waals surface area contributed by atoms with E-state index < -0.39 is 29.9 Å². The first kappa shape index (κ1) is 37.5. The Morgan fingerprint density at radius 2 is 1.37 bits per heavy atom. The second kappa shape index (κ2) is 17.6. The molecule has 0 N–H and O–H groups in total. The number of fused-ring (bicyclic) bond motifs is 4. The smallest absolute Gasteiger partial charge is 0.268 e. The van der Waals surface area contributed by atoms with Crippen LogP contribution in [-0.4, -0.2) is 19.1 Å². The number of benzene rings is 6. The van der Waals surface area contributed by atoms with E-state index in [-0.39, 0.29) is 49.5 Å². The van der Waals surface area contributed by atoms with Crippen molar-refractivity contribution in [3.05, 3.63) is 193 Å². The van der Waals surface area contributed by atoms with E-state index in [0.717, 1.165) is 38.5 Å². The van der Waals surface area contributed by atoms with E-state index >= 15 is 0 Å². The zero-order valence-electron chi connectivity index (χ0n) is 46.1. The summed E-state index contributed by atoms with van der Waals surface area (Å²) < 4.78 is 74.6. The Hall–Kier alpha value is -6.62. The molecule has 0 aliphatic carbocycles. The van der Waals surface area contributed by atoms with Gasteiger partial charge in [-0.2, -0.15) is 18.2 Å². The molecule has 0 spiro atoms. The number of rotatable bonds is 8. The molecule has 67 heavy (non-hydrogen) atoms. The van der Waals surface area contributed by atoms with Crippen molar-refractivity contribution in [2.24, 2.45) is 5.41 Å². The van der Waals surface area contributed by atoms with E-state index in [4.69, 9.17) is 16.6 Å². The molecular formula is C60H55N5OPt-2. The van der Waals surface area contributed by atoms with Crippen molar-refractivity contribution >= 4 is 32.8 Å². The second-order valence-corrected chi connectivity index (χ2v) is 19.9. The normalized spacial score (nSPS) is 13.9. The van der Waals surface area contributed by atoms with Crippen molar-refractivity contribution in [1.82, 2.24) is 19.1 Å². The molecule has 338 valence electrons. The van der Waals surface area contributed by atoms with Gasteiger partial charge in [0, 0.05) is 59.4 Å². The van der Waals surface area contributed by atoms with E-state index in [1.165, 1.54) is 0 Å². The largest absolute Gasteiger partial charge is 0.510 e. The molecule has 0 radical (unpaired) electrons. The molecule has 0 atom stereocenters. The van der Waals surface area contributed by atoms with Gasteiger partial charge >= 0.3 is 0 Å². The van der Waals surface area contributed by atoms with Gasteiger partial charge in [0.2, 0.25) is 0 Å². The maximum absolute atomic E-state index is 9.19. The minimum absolute atomic E-state index is 0. The Labute approximate surface area is 419 Å². The zero-order chi connectivity index (χ0) is 52.1. The summed E-state index contributed by atoms with van der Waals surface area (Å²) in [6, 6.07) is 40.3. The molecule has 10 aromatic rings. The number of hydrogen-bond acceptors (Lipinski definition) is 3. The van der Waals surface area contributed by atoms with Crippen molar-refractivity contribution in [2.45, 2.75) is 79.5 Å². The van der Waals surface area contributed by atoms with Crippen LogP contribution in [0, 0.1) is 23.9 Å². The molecule has 0 amide bonds. The molecule has 4 heterocycles. The first-order valence-electron chi connectivity index (χ1n) is 25.7. The quantitative estimate of drug-likeness (QED) is 0.113. The summed E-state index contributed by atoms with van der Waals surface area (Å²) in [5.41, 5.74) is 7.98. The summed E-state index contributed by atoms with van der Waals surface area (Å²) in [7, 11) is 0. The fraction of sp³-hybridized carbons (Fsp3) is 0.217. The van der Waals surface area contributed by atoms with Crippen molar-refractivity contribution in [2.75, 3.05) is 0 Å². The fourth-order valence-corrected chi connectivity index (χ4v) is 8.52. The van der Waals surface area contributed by atoms with Gasteiger partial charge in [0.1, 0.15) is 5.82 Å². The number of hydrogen-bond donors (Lipinski definition) is 0. The van der Waals surface area contributed by atoms with E-state index in [1.807, 2.05) is 107 Å². The van der Waals surface area contributed by atoms with E-state index in [0.29, 0.717) is 56.4 Å². The number of aromatic nitrogens is 5. The monoisotopic (exact) mass is 1060 g/mol. The Morgan fingerprint density at radius 1 is 0.672 bits per heavy atom. The zero-order valence-corrected chi connectivity index (χ0v) is 41.4. The molecule has 6 aromatic carbocycles. The van der Waals surface area contributed by atoms with Crippen LogP contribution in [0.3, 0.4) is 0 Å². The van der Waals surface area contributed by atoms with Gasteiger partial charge < -0.3 is 13.9 Å². The minimum atomic E-state index is -1.63. The molecule has 0 saturated carbocycles. The number of imidazole rings is 1. The van der Waals surface area contributed by atoms with Crippen molar-refractivity contribution in [1.29, 1.82) is 0 Å². The van der Waals surface area contributed by atoms with Gasteiger partial charge in [0.05, 0.1) is 23.6 Å². The van der Waals surface area contributed by atoms with Crippen LogP contribution in [0.25, 0.3) is 72.3 Å². The van der Waals surface area contributed by atoms with Crippen LogP contribution in [-0.2, 0) is 38.3 Å². The van der Waals surface area contributed by atoms with Gasteiger partial charge in [-0.15, -0.1) is 29.7 Å². The van der Waals surface area contributed by atoms with Crippen LogP contribution in [0.2, 0.25) is 0 Å². The molecule has 0 bridgehead atoms. The number of para-hydroxylation sites is 2. The van der Waals surface area contributed by atoms with Crippen LogP contribution >= 0.6 is 0 Å². The van der Waals surface area contributed by atoms with Crippen LogP contribution < -0.4 is 9.30 Å². The van der Waals surface area contributed by atoms with Crippen LogP contribution in [0.4, 0.5) is 0 Å². The van der Waals surface area contributed by atoms with Gasteiger partial charge in [-0.25, -0.2) is 4.98 Å². The Bertz CT molecular complexity index is 3780. The predicted octanol–water partition coefficient (Wildman–Crippen LogP) is 14.5. The summed E-state index contributed by atoms with van der Waals surface area (Å²) in [6.45, 7) is 18.8. The van der Waals surface area contributed by atoms with E-state index in [9.17, 15) is 2.74 Å². The average Bonchev–Trinajstić information content (AvgIpc) is 3.90. The molecule has 0 aliphatic heterocycles. The van der Waals surface area contributed by atoms with Gasteiger partial charge in [0.15, 0.2) is 0 Å². The molecule has 0 unspecified atom stereocenters. The maximum atomic E-state index is 9.19. The Kier molecular flexibility index (Phi) is 9.81. The third-order valence-electron chi connectivity index (χ3n) is 11.7. The van der Waals surface area contributed by atoms with Crippen LogP contribution in [0.5, 0.6) is 11.5 Å². The standard InChI is InChI=1S/C60H55N5O.Pt/c1-58(2,3)37-40-27-30-62-56(31-40)65-52-24-14-13-21-50(52)51-26-25-47(36-54(51)65)66-46-20-15-19-45(35-46)63-39-64(55-38-61-29-28-53(55)63)57-48(41-17-11-10-12-18-41)22-16-23-49(57)42-32-43(59(4,5)6)34-44(33-42)60(7,8)9;/h10-34,38H,37H2,1-9H3;/q-2;/i10D,11D,12D,17D,18D,37D2;. The molecule has 0 aliphatic rings. The second-order valence-electron chi connectivity index (χ2n) is 19.9. The first-order valence-corrected chi connectivity index (χ1v) is 22.2. The van der Waals surface area contributed by atoms with Crippen molar-refractivity contribution in [3.8, 4) is 50.9 Å². The molecule has 6 nitrogen and oxygen atoms in total. The molecule has 0 fully saturated rings. The SMILES string of the molecule is [2H]c1c([2H])c([2H])c(-c2cccc(-c3cc(C(C)(C)C)cc(C(C)(C)C)c3)c2-[n+]2[c-]n(-c3[c-]c(Oc4[c-]c5c(cc4)c4ccccc4n5-c4cc(C([2H])([2H])C(C)(C)C)ccn4)ccc3)c3ccncc32)c([2H])c1[2H].[Pt]. The van der Waals surface area contributed by atoms with E-state index in [2.05, 4.69) is 89.3 Å². The Morgan fingerprint density at radius 3 is 2.10 bits per heavy atom. The average molecular weight is 1060 g/mol. The van der Waals surface area contributed by atoms with Gasteiger partial charge in [-0.05, 0) is 96.9 Å². The topological polar surface area (TPSA) is 48.8 Å². The van der Waals surface area contributed by atoms with Crippen LogP contribution in [0.15, 0.2) is 158 Å². The molecule has 10 rings (SSSR count). The number of ether oxygens (including phenoxy) is 1. The third-order valence-corrected chi connectivity index (χ3v) is 11.7. The number of pyridine rings is 2. The van der Waals surface area contributed by atoms with Gasteiger partial charge in [-0.3, -0.25) is 9.55 Å². The fourth-order valence-electron chi connectivity index (χ4n) is 8.52. The van der Waals surface area contributed by atoms with Gasteiger partial charge in [-0.1, -0.05) is 153 Å². The minimum Gasteiger partial charge on any atom is -0.510 e. The van der Waals surface area contributed by atoms with Crippen molar-refractivity contribution in [3.63, 3.8) is 0 Å². The summed E-state index contributed by atoms with van der Waals surface area (Å²) in [6.07, 6.45) is 7.06. The molecule has 4 aromatic heterocycles. The summed E-state index contributed by atoms with van der Waals surface area (Å²) in [4.78, 5) is 9.32. The first-order chi connectivity index (χ1) is 34.4. The predicted molar refractivity (Wildman–Crippen MR) is 269 cm³/mol. The number of nitrogens with zero attached hydrogens (tertiary/aromatic N) is 5. The van der Waals surface area contributed by atoms with Gasteiger partial charge in [0.25, 0.3) is 6.33 Å². The maximum Gasteiger partial charge on any atom is 0.268 e.